The molecule has 0 aromatic heterocycles. The molecule has 2 N–H and O–H groups in total. The summed E-state index contributed by atoms with van der Waals surface area (Å²) in [6, 6.07) is 5.80. The number of likely N-dealkylation sites (N-methyl/N-ethyl adjacent to an activating group) is 2. The van der Waals surface area contributed by atoms with Crippen LogP contribution in [0.5, 0.6) is 0 Å². The summed E-state index contributed by atoms with van der Waals surface area (Å²) in [6.07, 6.45) is 1.09. The third-order valence-corrected chi connectivity index (χ3v) is 3.19. The molecule has 0 aliphatic carbocycles. The van der Waals surface area contributed by atoms with Gasteiger partial charge in [0.05, 0.1) is 6.54 Å². The van der Waals surface area contributed by atoms with Gasteiger partial charge in [-0.05, 0) is 37.6 Å². The fourth-order valence-corrected chi connectivity index (χ4v) is 2.16. The highest BCUT2D eigenvalue weighted by Gasteiger charge is 2.11. The van der Waals surface area contributed by atoms with E-state index in [2.05, 4.69) is 17.6 Å². The Morgan fingerprint density at radius 2 is 2.10 bits per heavy atom. The predicted octanol–water partition coefficient (Wildman–Crippen LogP) is 2.41. The number of nitrogens with zero attached hydrogens (tertiary/aromatic N) is 1. The zero-order chi connectivity index (χ0) is 15.0. The highest BCUT2D eigenvalue weighted by molar-refractivity contribution is 6.30. The summed E-state index contributed by atoms with van der Waals surface area (Å²) in [5.41, 5.74) is 2.14. The van der Waals surface area contributed by atoms with Crippen molar-refractivity contribution in [1.29, 1.82) is 0 Å². The number of hydrogen-bond donors (Lipinski definition) is 2. The molecular weight excluding hydrogens is 274 g/mol. The van der Waals surface area contributed by atoms with Crippen LogP contribution >= 0.6 is 11.6 Å². The lowest BCUT2D eigenvalue weighted by Crippen LogP contribution is -2.35. The Labute approximate surface area is 126 Å². The molecule has 0 radical (unpaired) electrons. The summed E-state index contributed by atoms with van der Waals surface area (Å²) in [7, 11) is 1.91. The SMILES string of the molecule is CCCNCc1ccc(Cl)cc1N(C)CC(=O)NCC. The topological polar surface area (TPSA) is 44.4 Å². The van der Waals surface area contributed by atoms with Crippen molar-refractivity contribution >= 4 is 23.2 Å². The number of carbonyl (C=O) groups is 1. The molecule has 0 bridgehead atoms. The normalized spacial score (nSPS) is 10.4. The minimum atomic E-state index is 0.0162. The van der Waals surface area contributed by atoms with Crippen LogP contribution in [-0.2, 0) is 11.3 Å². The Balaban J connectivity index is 2.79. The van der Waals surface area contributed by atoms with Crippen LogP contribution in [-0.4, -0.2) is 32.6 Å². The Morgan fingerprint density at radius 1 is 1.35 bits per heavy atom. The lowest BCUT2D eigenvalue weighted by molar-refractivity contribution is -0.119. The second-order valence-corrected chi connectivity index (χ2v) is 5.20. The molecule has 1 amide bonds. The molecule has 0 heterocycles. The molecule has 1 rings (SSSR count). The first kappa shape index (κ1) is 16.8. The lowest BCUT2D eigenvalue weighted by atomic mass is 10.1. The van der Waals surface area contributed by atoms with E-state index in [1.54, 1.807) is 0 Å². The van der Waals surface area contributed by atoms with Crippen LogP contribution in [0.1, 0.15) is 25.8 Å². The standard InChI is InChI=1S/C15H24ClN3O/c1-4-8-17-10-12-6-7-13(16)9-14(12)19(3)11-15(20)18-5-2/h6-7,9,17H,4-5,8,10-11H2,1-3H3,(H,18,20). The van der Waals surface area contributed by atoms with Crippen LogP contribution in [0, 0.1) is 0 Å². The summed E-state index contributed by atoms with van der Waals surface area (Å²) in [5.74, 6) is 0.0162. The molecule has 112 valence electrons. The molecule has 1 aromatic rings. The van der Waals surface area contributed by atoms with E-state index in [1.165, 1.54) is 0 Å². The fraction of sp³-hybridized carbons (Fsp3) is 0.533. The van der Waals surface area contributed by atoms with Gasteiger partial charge in [-0.15, -0.1) is 0 Å². The quantitative estimate of drug-likeness (QED) is 0.724. The number of amides is 1. The molecule has 0 saturated heterocycles. The maximum Gasteiger partial charge on any atom is 0.239 e. The summed E-state index contributed by atoms with van der Waals surface area (Å²) in [6.45, 7) is 6.78. The largest absolute Gasteiger partial charge is 0.365 e. The molecule has 1 aromatic carbocycles. The number of halogens is 1. The first-order valence-corrected chi connectivity index (χ1v) is 7.43. The van der Waals surface area contributed by atoms with Gasteiger partial charge < -0.3 is 15.5 Å². The molecule has 0 fully saturated rings. The van der Waals surface area contributed by atoms with Crippen LogP contribution in [0.25, 0.3) is 0 Å². The predicted molar refractivity (Wildman–Crippen MR) is 85.4 cm³/mol. The Morgan fingerprint density at radius 3 is 2.75 bits per heavy atom. The van der Waals surface area contributed by atoms with Gasteiger partial charge in [0.1, 0.15) is 0 Å². The Hall–Kier alpha value is -1.26. The van der Waals surface area contributed by atoms with Crippen molar-refractivity contribution in [2.45, 2.75) is 26.8 Å². The van der Waals surface area contributed by atoms with E-state index >= 15 is 0 Å². The van der Waals surface area contributed by atoms with Gasteiger partial charge in [-0.1, -0.05) is 24.6 Å². The number of nitrogens with one attached hydrogen (secondary N) is 2. The van der Waals surface area contributed by atoms with Crippen molar-refractivity contribution in [1.82, 2.24) is 10.6 Å². The minimum Gasteiger partial charge on any atom is -0.365 e. The highest BCUT2D eigenvalue weighted by atomic mass is 35.5. The van der Waals surface area contributed by atoms with Crippen LogP contribution in [0.3, 0.4) is 0 Å². The maximum atomic E-state index is 11.7. The average molecular weight is 298 g/mol. The van der Waals surface area contributed by atoms with Crippen molar-refractivity contribution < 1.29 is 4.79 Å². The first-order valence-electron chi connectivity index (χ1n) is 7.05. The first-order chi connectivity index (χ1) is 9.58. The van der Waals surface area contributed by atoms with Crippen molar-refractivity contribution in [3.63, 3.8) is 0 Å². The van der Waals surface area contributed by atoms with E-state index in [1.807, 2.05) is 37.1 Å². The molecular formula is C15H24ClN3O. The monoisotopic (exact) mass is 297 g/mol. The summed E-state index contributed by atoms with van der Waals surface area (Å²) in [4.78, 5) is 13.6. The van der Waals surface area contributed by atoms with Crippen LogP contribution in [0.2, 0.25) is 5.02 Å². The second-order valence-electron chi connectivity index (χ2n) is 4.76. The average Bonchev–Trinajstić information content (AvgIpc) is 2.40. The van der Waals surface area contributed by atoms with Gasteiger partial charge in [0.25, 0.3) is 0 Å². The molecule has 0 atom stereocenters. The minimum absolute atomic E-state index is 0.0162. The van der Waals surface area contributed by atoms with Gasteiger partial charge in [-0.25, -0.2) is 0 Å². The number of benzene rings is 1. The van der Waals surface area contributed by atoms with Gasteiger partial charge in [0.2, 0.25) is 5.91 Å². The van der Waals surface area contributed by atoms with Crippen molar-refractivity contribution in [2.24, 2.45) is 0 Å². The number of carbonyl (C=O) groups excluding carboxylic acids is 1. The Kier molecular flexibility index (Phi) is 7.41. The third kappa shape index (κ3) is 5.39. The van der Waals surface area contributed by atoms with Crippen molar-refractivity contribution in [3.8, 4) is 0 Å². The third-order valence-electron chi connectivity index (χ3n) is 2.96. The number of anilines is 1. The number of hydrogen-bond acceptors (Lipinski definition) is 3. The summed E-state index contributed by atoms with van der Waals surface area (Å²) < 4.78 is 0. The van der Waals surface area contributed by atoms with E-state index in [0.717, 1.165) is 30.8 Å². The molecule has 0 saturated carbocycles. The second kappa shape index (κ2) is 8.82. The molecule has 4 nitrogen and oxygen atoms in total. The van der Waals surface area contributed by atoms with Gasteiger partial charge in [0, 0.05) is 30.8 Å². The molecule has 0 unspecified atom stereocenters. The summed E-state index contributed by atoms with van der Waals surface area (Å²) in [5, 5.41) is 6.86. The summed E-state index contributed by atoms with van der Waals surface area (Å²) >= 11 is 6.07. The van der Waals surface area contributed by atoms with Crippen molar-refractivity contribution in [3.05, 3.63) is 28.8 Å². The van der Waals surface area contributed by atoms with E-state index in [9.17, 15) is 4.79 Å². The maximum absolute atomic E-state index is 11.7. The molecule has 20 heavy (non-hydrogen) atoms. The van der Waals surface area contributed by atoms with Crippen LogP contribution in [0.15, 0.2) is 18.2 Å². The highest BCUT2D eigenvalue weighted by Crippen LogP contribution is 2.24. The lowest BCUT2D eigenvalue weighted by Gasteiger charge is -2.22. The molecule has 0 spiro atoms. The van der Waals surface area contributed by atoms with Crippen LogP contribution in [0.4, 0.5) is 5.69 Å². The smallest absolute Gasteiger partial charge is 0.239 e. The van der Waals surface area contributed by atoms with Gasteiger partial charge >= 0.3 is 0 Å². The van der Waals surface area contributed by atoms with Crippen molar-refractivity contribution in [2.75, 3.05) is 31.6 Å². The Bertz CT molecular complexity index is 437. The van der Waals surface area contributed by atoms with Crippen LogP contribution < -0.4 is 15.5 Å². The van der Waals surface area contributed by atoms with Gasteiger partial charge in [0.15, 0.2) is 0 Å². The molecule has 5 heteroatoms. The van der Waals surface area contributed by atoms with Gasteiger partial charge in [-0.3, -0.25) is 4.79 Å². The number of rotatable bonds is 8. The van der Waals surface area contributed by atoms with E-state index < -0.39 is 0 Å². The van der Waals surface area contributed by atoms with E-state index in [-0.39, 0.29) is 5.91 Å². The van der Waals surface area contributed by atoms with E-state index in [4.69, 9.17) is 11.6 Å². The van der Waals surface area contributed by atoms with E-state index in [0.29, 0.717) is 18.1 Å². The zero-order valence-electron chi connectivity index (χ0n) is 12.5. The fourth-order valence-electron chi connectivity index (χ4n) is 2.00. The molecule has 0 aliphatic rings. The zero-order valence-corrected chi connectivity index (χ0v) is 13.3. The van der Waals surface area contributed by atoms with Gasteiger partial charge in [-0.2, -0.15) is 0 Å². The molecule has 0 aliphatic heterocycles.